The van der Waals surface area contributed by atoms with Crippen LogP contribution in [0, 0.1) is 5.41 Å². The van der Waals surface area contributed by atoms with Crippen molar-refractivity contribution in [3.63, 3.8) is 0 Å². The summed E-state index contributed by atoms with van der Waals surface area (Å²) in [5.41, 5.74) is -0.334. The van der Waals surface area contributed by atoms with Crippen LogP contribution in [0.4, 0.5) is 29.1 Å². The van der Waals surface area contributed by atoms with Gasteiger partial charge in [0.1, 0.15) is 21.4 Å². The van der Waals surface area contributed by atoms with Gasteiger partial charge in [0, 0.05) is 24.2 Å². The molecule has 0 saturated carbocycles. The number of alkyl halides is 4. The van der Waals surface area contributed by atoms with E-state index in [9.17, 15) is 35.6 Å². The van der Waals surface area contributed by atoms with Gasteiger partial charge in [0.2, 0.25) is 5.91 Å². The monoisotopic (exact) mass is 542 g/mol. The Morgan fingerprint density at radius 2 is 1.78 bits per heavy atom. The maximum Gasteiger partial charge on any atom is 0.461 e. The number of Topliss-reactive ketones (excluding diaryl/α,β-unsaturated/α-hetero) is 1. The standard InChI is InChI=1S/C25H26F4N2O5S/c1-23(2)17-12-15(19(32)14-24(3)7-10-37(34,35)11-8-24)4-5-18(17)31(22(23)33)20-13-16(6-9-30-20)36-25(28,29)21(26)27/h4-6,9,12-13,21H,7-8,10-11,14H2,1-3H3. The zero-order valence-corrected chi connectivity index (χ0v) is 21.2. The van der Waals surface area contributed by atoms with Crippen molar-refractivity contribution in [3.8, 4) is 5.75 Å². The summed E-state index contributed by atoms with van der Waals surface area (Å²) in [6.07, 6.45) is -6.78. The third-order valence-electron chi connectivity index (χ3n) is 7.05. The largest absolute Gasteiger partial charge is 0.461 e. The molecule has 0 atom stereocenters. The minimum absolute atomic E-state index is 0.0382. The van der Waals surface area contributed by atoms with Crippen molar-refractivity contribution in [1.29, 1.82) is 0 Å². The van der Waals surface area contributed by atoms with Gasteiger partial charge in [-0.25, -0.2) is 13.4 Å². The summed E-state index contributed by atoms with van der Waals surface area (Å²) in [4.78, 5) is 31.7. The minimum Gasteiger partial charge on any atom is -0.428 e. The topological polar surface area (TPSA) is 93.6 Å². The van der Waals surface area contributed by atoms with Crippen LogP contribution in [0.3, 0.4) is 0 Å². The quantitative estimate of drug-likeness (QED) is 0.359. The minimum atomic E-state index is -4.72. The van der Waals surface area contributed by atoms with Crippen LogP contribution >= 0.6 is 0 Å². The lowest BCUT2D eigenvalue weighted by Gasteiger charge is -2.32. The molecule has 4 rings (SSSR count). The zero-order chi connectivity index (χ0) is 27.4. The molecule has 1 aromatic carbocycles. The number of rotatable bonds is 7. The number of hydrogen-bond acceptors (Lipinski definition) is 6. The number of nitrogens with zero attached hydrogens (tertiary/aromatic N) is 2. The number of aromatic nitrogens is 1. The summed E-state index contributed by atoms with van der Waals surface area (Å²) in [5, 5.41) is 0. The van der Waals surface area contributed by atoms with E-state index in [1.165, 1.54) is 11.0 Å². The number of fused-ring (bicyclic) bond motifs is 1. The number of anilines is 2. The van der Waals surface area contributed by atoms with E-state index in [4.69, 9.17) is 0 Å². The number of halogens is 4. The molecule has 1 aromatic heterocycles. The zero-order valence-electron chi connectivity index (χ0n) is 20.4. The number of sulfone groups is 1. The Hall–Kier alpha value is -3.02. The molecule has 12 heteroatoms. The Labute approximate surface area is 211 Å². The number of carbonyl (C=O) groups excluding carboxylic acids is 2. The maximum absolute atomic E-state index is 13.4. The molecule has 7 nitrogen and oxygen atoms in total. The van der Waals surface area contributed by atoms with Crippen molar-refractivity contribution < 1.29 is 40.3 Å². The lowest BCUT2D eigenvalue weighted by molar-refractivity contribution is -0.253. The number of amides is 1. The normalized spacial score (nSPS) is 20.1. The molecule has 0 bridgehead atoms. The molecule has 2 aliphatic rings. The molecule has 1 fully saturated rings. The highest BCUT2D eigenvalue weighted by atomic mass is 32.2. The average molecular weight is 543 g/mol. The van der Waals surface area contributed by atoms with Gasteiger partial charge in [-0.2, -0.15) is 17.6 Å². The summed E-state index contributed by atoms with van der Waals surface area (Å²) in [6.45, 7) is 5.17. The molecule has 1 amide bonds. The van der Waals surface area contributed by atoms with Gasteiger partial charge in [-0.05, 0) is 61.9 Å². The first kappa shape index (κ1) is 27.0. The molecular formula is C25H26F4N2O5S. The smallest absolute Gasteiger partial charge is 0.428 e. The van der Waals surface area contributed by atoms with Gasteiger partial charge < -0.3 is 4.74 Å². The summed E-state index contributed by atoms with van der Waals surface area (Å²) in [7, 11) is -3.08. The number of benzene rings is 1. The molecule has 37 heavy (non-hydrogen) atoms. The summed E-state index contributed by atoms with van der Waals surface area (Å²) < 4.78 is 79.6. The third kappa shape index (κ3) is 5.21. The molecule has 2 aliphatic heterocycles. The van der Waals surface area contributed by atoms with Gasteiger partial charge in [0.25, 0.3) is 0 Å². The second kappa shape index (κ2) is 9.07. The molecule has 2 aromatic rings. The maximum atomic E-state index is 13.4. The van der Waals surface area contributed by atoms with Crippen molar-refractivity contribution in [2.45, 2.75) is 58.0 Å². The Morgan fingerprint density at radius 3 is 2.41 bits per heavy atom. The summed E-state index contributed by atoms with van der Waals surface area (Å²) >= 11 is 0. The number of pyridine rings is 1. The van der Waals surface area contributed by atoms with Crippen molar-refractivity contribution in [2.75, 3.05) is 16.4 Å². The van der Waals surface area contributed by atoms with Crippen LogP contribution in [0.1, 0.15) is 56.0 Å². The highest BCUT2D eigenvalue weighted by Crippen LogP contribution is 2.46. The van der Waals surface area contributed by atoms with Crippen LogP contribution in [-0.4, -0.2) is 49.1 Å². The van der Waals surface area contributed by atoms with Gasteiger partial charge in [0.05, 0.1) is 22.6 Å². The molecule has 0 radical (unpaired) electrons. The molecule has 0 spiro atoms. The predicted molar refractivity (Wildman–Crippen MR) is 127 cm³/mol. The van der Waals surface area contributed by atoms with E-state index in [1.54, 1.807) is 26.0 Å². The lowest BCUT2D eigenvalue weighted by Crippen LogP contribution is -2.34. The fourth-order valence-electron chi connectivity index (χ4n) is 4.62. The van der Waals surface area contributed by atoms with E-state index in [0.29, 0.717) is 29.7 Å². The van der Waals surface area contributed by atoms with Crippen molar-refractivity contribution in [3.05, 3.63) is 47.7 Å². The van der Waals surface area contributed by atoms with E-state index in [2.05, 4.69) is 9.72 Å². The SMILES string of the molecule is CC1(CC(=O)c2ccc3c(c2)C(C)(C)C(=O)N3c2cc(OC(F)(F)C(F)F)ccn2)CCS(=O)(=O)CC1. The van der Waals surface area contributed by atoms with Gasteiger partial charge in [-0.15, -0.1) is 0 Å². The number of ether oxygens (including phenoxy) is 1. The average Bonchev–Trinajstić information content (AvgIpc) is 3.01. The Kier molecular flexibility index (Phi) is 6.63. The van der Waals surface area contributed by atoms with Crippen LogP contribution in [0.25, 0.3) is 0 Å². The van der Waals surface area contributed by atoms with Crippen molar-refractivity contribution >= 4 is 33.0 Å². The van der Waals surface area contributed by atoms with Gasteiger partial charge in [0.15, 0.2) is 5.78 Å². The highest BCUT2D eigenvalue weighted by Gasteiger charge is 2.47. The van der Waals surface area contributed by atoms with E-state index < -0.39 is 44.9 Å². The van der Waals surface area contributed by atoms with Gasteiger partial charge in [-0.1, -0.05) is 6.92 Å². The van der Waals surface area contributed by atoms with Crippen LogP contribution in [-0.2, 0) is 20.0 Å². The number of carbonyl (C=O) groups is 2. The molecule has 3 heterocycles. The Morgan fingerprint density at radius 1 is 1.14 bits per heavy atom. The van der Waals surface area contributed by atoms with Crippen LogP contribution in [0.2, 0.25) is 0 Å². The van der Waals surface area contributed by atoms with Crippen LogP contribution < -0.4 is 9.64 Å². The summed E-state index contributed by atoms with van der Waals surface area (Å²) in [6, 6.07) is 6.63. The van der Waals surface area contributed by atoms with Crippen LogP contribution in [0.5, 0.6) is 5.75 Å². The van der Waals surface area contributed by atoms with E-state index in [1.807, 2.05) is 6.92 Å². The second-order valence-corrected chi connectivity index (χ2v) is 12.7. The van der Waals surface area contributed by atoms with E-state index in [0.717, 1.165) is 18.3 Å². The molecule has 0 aliphatic carbocycles. The Bertz CT molecular complexity index is 1350. The molecular weight excluding hydrogens is 516 g/mol. The fourth-order valence-corrected chi connectivity index (χ4v) is 6.43. The predicted octanol–water partition coefficient (Wildman–Crippen LogP) is 5.06. The van der Waals surface area contributed by atoms with E-state index in [-0.39, 0.29) is 29.5 Å². The second-order valence-electron chi connectivity index (χ2n) is 10.4. The molecule has 0 unspecified atom stereocenters. The molecule has 0 N–H and O–H groups in total. The number of ketones is 1. The van der Waals surface area contributed by atoms with Crippen molar-refractivity contribution in [2.24, 2.45) is 5.41 Å². The first-order valence-corrected chi connectivity index (χ1v) is 13.4. The van der Waals surface area contributed by atoms with Gasteiger partial charge in [-0.3, -0.25) is 14.5 Å². The van der Waals surface area contributed by atoms with Crippen LogP contribution in [0.15, 0.2) is 36.5 Å². The van der Waals surface area contributed by atoms with Crippen molar-refractivity contribution in [1.82, 2.24) is 4.98 Å². The highest BCUT2D eigenvalue weighted by molar-refractivity contribution is 7.91. The van der Waals surface area contributed by atoms with E-state index >= 15 is 0 Å². The van der Waals surface area contributed by atoms with Gasteiger partial charge >= 0.3 is 12.5 Å². The first-order valence-electron chi connectivity index (χ1n) is 11.6. The first-order chi connectivity index (χ1) is 17.0. The fraction of sp³-hybridized carbons (Fsp3) is 0.480. The molecule has 1 saturated heterocycles. The molecule has 200 valence electrons. The lowest BCUT2D eigenvalue weighted by atomic mass is 9.78. The third-order valence-corrected chi connectivity index (χ3v) is 8.70. The summed E-state index contributed by atoms with van der Waals surface area (Å²) in [5.74, 6) is -1.26. The Balaban J connectivity index is 1.62. The number of hydrogen-bond donors (Lipinski definition) is 0.